The lowest BCUT2D eigenvalue weighted by Crippen LogP contribution is -2.11. The maximum atomic E-state index is 12.3. The number of nitrogens with one attached hydrogen (secondary N) is 1. The first kappa shape index (κ1) is 18.1. The summed E-state index contributed by atoms with van der Waals surface area (Å²) in [6.07, 6.45) is 0. The number of esters is 1. The van der Waals surface area contributed by atoms with Crippen LogP contribution in [0.15, 0.2) is 36.1 Å². The molecule has 0 aliphatic heterocycles. The van der Waals surface area contributed by atoms with Gasteiger partial charge in [0.05, 0.1) is 11.0 Å². The van der Waals surface area contributed by atoms with Gasteiger partial charge in [0, 0.05) is 11.4 Å². The van der Waals surface area contributed by atoms with E-state index in [1.165, 1.54) is 4.52 Å². The third-order valence-electron chi connectivity index (χ3n) is 4.17. The van der Waals surface area contributed by atoms with Gasteiger partial charge in [-0.15, -0.1) is 5.10 Å². The summed E-state index contributed by atoms with van der Waals surface area (Å²) >= 11 is 0. The van der Waals surface area contributed by atoms with Gasteiger partial charge in [0.15, 0.2) is 18.2 Å². The predicted molar refractivity (Wildman–Crippen MR) is 102 cm³/mol. The van der Waals surface area contributed by atoms with E-state index in [9.17, 15) is 15.2 Å². The number of fused-ring (bicyclic) bond motifs is 2. The number of carbonyl (C=O) groups is 1. The summed E-state index contributed by atoms with van der Waals surface area (Å²) in [6.45, 7) is 3.09. The van der Waals surface area contributed by atoms with Crippen molar-refractivity contribution in [3.63, 3.8) is 0 Å². The zero-order valence-electron chi connectivity index (χ0n) is 15.5. The summed E-state index contributed by atoms with van der Waals surface area (Å²) in [7, 11) is 0. The van der Waals surface area contributed by atoms with Crippen molar-refractivity contribution >= 4 is 28.4 Å². The fraction of sp³-hybridized carbons (Fsp3) is 0.158. The number of imidazole rings is 1. The molecule has 0 bridgehead atoms. The van der Waals surface area contributed by atoms with Crippen molar-refractivity contribution in [1.29, 1.82) is 5.26 Å². The zero-order valence-corrected chi connectivity index (χ0v) is 15.5. The standard InChI is InChI=1S/C19H15N7O3/c1-10-7-11(2)26-19(21-10)24-17(25-26)18(28)29-9-15(27)12(8-20)16-22-13-5-3-4-6-14(13)23-16/h3-7,27H,9H2,1-2H3,(H,22,23)/b15-12-. The van der Waals surface area contributed by atoms with Crippen LogP contribution in [0.5, 0.6) is 0 Å². The van der Waals surface area contributed by atoms with Crippen molar-refractivity contribution in [2.24, 2.45) is 0 Å². The second-order valence-electron chi connectivity index (χ2n) is 6.30. The van der Waals surface area contributed by atoms with Crippen molar-refractivity contribution in [1.82, 2.24) is 29.5 Å². The molecule has 0 amide bonds. The third-order valence-corrected chi connectivity index (χ3v) is 4.17. The Hall–Kier alpha value is -4.26. The lowest BCUT2D eigenvalue weighted by atomic mass is 10.2. The van der Waals surface area contributed by atoms with Crippen LogP contribution in [0.4, 0.5) is 0 Å². The maximum Gasteiger partial charge on any atom is 0.378 e. The van der Waals surface area contributed by atoms with E-state index in [2.05, 4.69) is 25.0 Å². The van der Waals surface area contributed by atoms with Crippen molar-refractivity contribution in [3.05, 3.63) is 59.1 Å². The summed E-state index contributed by atoms with van der Waals surface area (Å²) in [5.74, 6) is -1.02. The van der Waals surface area contributed by atoms with E-state index in [1.54, 1.807) is 18.2 Å². The van der Waals surface area contributed by atoms with Crippen molar-refractivity contribution < 1.29 is 14.6 Å². The Bertz CT molecular complexity index is 1290. The van der Waals surface area contributed by atoms with Gasteiger partial charge in [0.25, 0.3) is 11.6 Å². The van der Waals surface area contributed by atoms with E-state index in [0.29, 0.717) is 11.0 Å². The lowest BCUT2D eigenvalue weighted by Gasteiger charge is -2.03. The molecule has 0 spiro atoms. The van der Waals surface area contributed by atoms with Gasteiger partial charge < -0.3 is 14.8 Å². The molecule has 0 fully saturated rings. The molecule has 3 heterocycles. The molecule has 0 aliphatic rings. The van der Waals surface area contributed by atoms with Gasteiger partial charge in [-0.3, -0.25) is 0 Å². The van der Waals surface area contributed by atoms with Crippen molar-refractivity contribution in [3.8, 4) is 6.07 Å². The van der Waals surface area contributed by atoms with Crippen molar-refractivity contribution in [2.45, 2.75) is 13.8 Å². The van der Waals surface area contributed by atoms with Crippen molar-refractivity contribution in [2.75, 3.05) is 6.61 Å². The molecule has 144 valence electrons. The van der Waals surface area contributed by atoms with Gasteiger partial charge in [0.2, 0.25) is 0 Å². The number of allylic oxidation sites excluding steroid dienone is 1. The first-order valence-electron chi connectivity index (χ1n) is 8.61. The Kier molecular flexibility index (Phi) is 4.40. The molecule has 4 rings (SSSR count). The van der Waals surface area contributed by atoms with Gasteiger partial charge in [-0.25, -0.2) is 19.3 Å². The molecular formula is C19H15N7O3. The number of H-pyrrole nitrogens is 1. The number of hydrogen-bond acceptors (Lipinski definition) is 8. The van der Waals surface area contributed by atoms with Crippen LogP contribution in [0.1, 0.15) is 27.8 Å². The number of para-hydroxylation sites is 2. The normalized spacial score (nSPS) is 12.0. The van der Waals surface area contributed by atoms with Gasteiger partial charge in [-0.2, -0.15) is 10.2 Å². The molecule has 10 heteroatoms. The first-order valence-corrected chi connectivity index (χ1v) is 8.61. The minimum atomic E-state index is -0.846. The molecule has 0 saturated carbocycles. The molecule has 4 aromatic rings. The topological polar surface area (TPSA) is 142 Å². The minimum Gasteiger partial charge on any atom is -0.507 e. The van der Waals surface area contributed by atoms with Crippen LogP contribution >= 0.6 is 0 Å². The Morgan fingerprint density at radius 2 is 2.07 bits per heavy atom. The van der Waals surface area contributed by atoms with Crippen LogP contribution in [0.2, 0.25) is 0 Å². The Labute approximate surface area is 164 Å². The molecular weight excluding hydrogens is 374 g/mol. The Morgan fingerprint density at radius 3 is 2.83 bits per heavy atom. The second kappa shape index (κ2) is 7.05. The number of rotatable bonds is 4. The molecule has 0 unspecified atom stereocenters. The number of carbonyl (C=O) groups excluding carboxylic acids is 1. The summed E-state index contributed by atoms with van der Waals surface area (Å²) in [5.41, 5.74) is 2.75. The molecule has 0 aliphatic carbocycles. The van der Waals surface area contributed by atoms with E-state index in [-0.39, 0.29) is 23.0 Å². The van der Waals surface area contributed by atoms with Gasteiger partial charge in [-0.05, 0) is 32.0 Å². The average Bonchev–Trinajstić information content (AvgIpc) is 3.30. The fourth-order valence-corrected chi connectivity index (χ4v) is 2.85. The van der Waals surface area contributed by atoms with Crippen LogP contribution in [0.25, 0.3) is 22.4 Å². The van der Waals surface area contributed by atoms with Gasteiger partial charge >= 0.3 is 5.97 Å². The molecule has 10 nitrogen and oxygen atoms in total. The molecule has 29 heavy (non-hydrogen) atoms. The highest BCUT2D eigenvalue weighted by Gasteiger charge is 2.19. The van der Waals surface area contributed by atoms with E-state index in [1.807, 2.05) is 32.0 Å². The number of aromatic amines is 1. The largest absolute Gasteiger partial charge is 0.507 e. The molecule has 0 saturated heterocycles. The van der Waals surface area contributed by atoms with Crippen LogP contribution in [0.3, 0.4) is 0 Å². The summed E-state index contributed by atoms with van der Waals surface area (Å²) in [4.78, 5) is 27.7. The highest BCUT2D eigenvalue weighted by molar-refractivity contribution is 5.86. The van der Waals surface area contributed by atoms with Gasteiger partial charge in [-0.1, -0.05) is 12.1 Å². The SMILES string of the molecule is Cc1cc(C)n2nc(C(=O)OC/C(O)=C(\C#N)c3nc4ccccc4[nH]3)nc2n1. The number of aryl methyl sites for hydroxylation is 2. The quantitative estimate of drug-likeness (QED) is 0.307. The smallest absolute Gasteiger partial charge is 0.378 e. The molecule has 3 aromatic heterocycles. The number of aliphatic hydroxyl groups excluding tert-OH is 1. The number of aromatic nitrogens is 6. The predicted octanol–water partition coefficient (Wildman–Crippen LogP) is 2.27. The zero-order chi connectivity index (χ0) is 20.5. The van der Waals surface area contributed by atoms with Crippen LogP contribution in [-0.4, -0.2) is 47.2 Å². The van der Waals surface area contributed by atoms with Crippen LogP contribution < -0.4 is 0 Å². The molecule has 2 N–H and O–H groups in total. The highest BCUT2D eigenvalue weighted by Crippen LogP contribution is 2.19. The van der Waals surface area contributed by atoms with Crippen LogP contribution in [0, 0.1) is 25.2 Å². The average molecular weight is 389 g/mol. The number of nitrogens with zero attached hydrogens (tertiary/aromatic N) is 6. The van der Waals surface area contributed by atoms with Gasteiger partial charge in [0.1, 0.15) is 11.6 Å². The lowest BCUT2D eigenvalue weighted by molar-refractivity contribution is 0.0489. The summed E-state index contributed by atoms with van der Waals surface area (Å²) in [5, 5.41) is 23.7. The minimum absolute atomic E-state index is 0.120. The number of aliphatic hydroxyl groups is 1. The number of benzene rings is 1. The molecule has 1 aromatic carbocycles. The molecule has 0 radical (unpaired) electrons. The van der Waals surface area contributed by atoms with E-state index >= 15 is 0 Å². The number of hydrogen-bond donors (Lipinski definition) is 2. The van der Waals surface area contributed by atoms with Crippen LogP contribution in [-0.2, 0) is 4.74 Å². The fourth-order valence-electron chi connectivity index (χ4n) is 2.85. The molecule has 0 atom stereocenters. The second-order valence-corrected chi connectivity index (χ2v) is 6.30. The monoisotopic (exact) mass is 389 g/mol. The van der Waals surface area contributed by atoms with E-state index in [4.69, 9.17) is 4.74 Å². The maximum absolute atomic E-state index is 12.3. The number of ether oxygens (including phenoxy) is 1. The van der Waals surface area contributed by atoms with E-state index in [0.717, 1.165) is 11.4 Å². The third kappa shape index (κ3) is 3.37. The summed E-state index contributed by atoms with van der Waals surface area (Å²) < 4.78 is 6.49. The Balaban J connectivity index is 1.56. The number of nitriles is 1. The van der Waals surface area contributed by atoms with E-state index < -0.39 is 18.3 Å². The summed E-state index contributed by atoms with van der Waals surface area (Å²) in [6, 6.07) is 10.9. The Morgan fingerprint density at radius 1 is 1.28 bits per heavy atom. The first-order chi connectivity index (χ1) is 14.0. The highest BCUT2D eigenvalue weighted by atomic mass is 16.5.